The van der Waals surface area contributed by atoms with Crippen molar-refractivity contribution in [3.8, 4) is 5.75 Å². The first kappa shape index (κ1) is 15.4. The Morgan fingerprint density at radius 2 is 1.71 bits per heavy atom. The standard InChI is InChI=1S/C17H19F2NO/c1-2-12-6-8-13(9-7-12)10-16(20)14-4-3-5-15(11-14)21-17(18)19/h3-9,11,16-17H,2,10,20H2,1H3. The molecule has 0 radical (unpaired) electrons. The average Bonchev–Trinajstić information content (AvgIpc) is 2.47. The van der Waals surface area contributed by atoms with Crippen LogP contribution in [0.1, 0.15) is 29.7 Å². The van der Waals surface area contributed by atoms with E-state index in [0.29, 0.717) is 6.42 Å². The minimum atomic E-state index is -2.82. The van der Waals surface area contributed by atoms with Gasteiger partial charge >= 0.3 is 6.61 Å². The monoisotopic (exact) mass is 291 g/mol. The fraction of sp³-hybridized carbons (Fsp3) is 0.294. The van der Waals surface area contributed by atoms with E-state index in [1.165, 1.54) is 11.6 Å². The van der Waals surface area contributed by atoms with Gasteiger partial charge in [0, 0.05) is 6.04 Å². The molecule has 0 bridgehead atoms. The summed E-state index contributed by atoms with van der Waals surface area (Å²) in [5.74, 6) is 0.138. The van der Waals surface area contributed by atoms with E-state index in [9.17, 15) is 8.78 Å². The molecule has 0 aliphatic carbocycles. The lowest BCUT2D eigenvalue weighted by molar-refractivity contribution is -0.0498. The first-order valence-electron chi connectivity index (χ1n) is 6.96. The Hall–Kier alpha value is -1.94. The smallest absolute Gasteiger partial charge is 0.387 e. The van der Waals surface area contributed by atoms with Crippen LogP contribution in [0.15, 0.2) is 48.5 Å². The molecule has 0 amide bonds. The third-order valence-electron chi connectivity index (χ3n) is 3.40. The summed E-state index contributed by atoms with van der Waals surface area (Å²) >= 11 is 0. The van der Waals surface area contributed by atoms with E-state index < -0.39 is 6.61 Å². The predicted molar refractivity (Wildman–Crippen MR) is 79.5 cm³/mol. The molecule has 4 heteroatoms. The molecule has 2 nitrogen and oxygen atoms in total. The molecule has 1 unspecified atom stereocenters. The van der Waals surface area contributed by atoms with Gasteiger partial charge in [-0.1, -0.05) is 43.3 Å². The van der Waals surface area contributed by atoms with Gasteiger partial charge in [0.1, 0.15) is 5.75 Å². The summed E-state index contributed by atoms with van der Waals surface area (Å²) in [5, 5.41) is 0. The Labute approximate surface area is 123 Å². The Morgan fingerprint density at radius 3 is 2.33 bits per heavy atom. The van der Waals surface area contributed by atoms with E-state index in [2.05, 4.69) is 35.9 Å². The second-order valence-electron chi connectivity index (χ2n) is 4.93. The summed E-state index contributed by atoms with van der Waals surface area (Å²) in [5.41, 5.74) is 9.34. The van der Waals surface area contributed by atoms with E-state index in [0.717, 1.165) is 17.5 Å². The number of benzene rings is 2. The second kappa shape index (κ2) is 7.18. The molecular weight excluding hydrogens is 272 g/mol. The van der Waals surface area contributed by atoms with Gasteiger partial charge in [-0.15, -0.1) is 0 Å². The zero-order valence-corrected chi connectivity index (χ0v) is 11.9. The van der Waals surface area contributed by atoms with E-state index in [-0.39, 0.29) is 11.8 Å². The number of nitrogens with two attached hydrogens (primary N) is 1. The number of hydrogen-bond donors (Lipinski definition) is 1. The van der Waals surface area contributed by atoms with Gasteiger partial charge < -0.3 is 10.5 Å². The molecule has 0 aromatic heterocycles. The third-order valence-corrected chi connectivity index (χ3v) is 3.40. The van der Waals surface area contributed by atoms with Crippen molar-refractivity contribution >= 4 is 0 Å². The molecule has 0 aliphatic heterocycles. The second-order valence-corrected chi connectivity index (χ2v) is 4.93. The maximum Gasteiger partial charge on any atom is 0.387 e. The van der Waals surface area contributed by atoms with Crippen molar-refractivity contribution in [2.75, 3.05) is 0 Å². The van der Waals surface area contributed by atoms with Crippen molar-refractivity contribution < 1.29 is 13.5 Å². The highest BCUT2D eigenvalue weighted by atomic mass is 19.3. The van der Waals surface area contributed by atoms with Crippen molar-refractivity contribution in [1.29, 1.82) is 0 Å². The summed E-state index contributed by atoms with van der Waals surface area (Å²) in [6, 6.07) is 14.6. The highest BCUT2D eigenvalue weighted by Gasteiger charge is 2.10. The molecule has 0 spiro atoms. The molecule has 2 rings (SSSR count). The van der Waals surface area contributed by atoms with Crippen LogP contribution in [0, 0.1) is 0 Å². The molecule has 0 aliphatic rings. The van der Waals surface area contributed by atoms with Crippen LogP contribution in [-0.4, -0.2) is 6.61 Å². The van der Waals surface area contributed by atoms with Crippen molar-refractivity contribution in [2.24, 2.45) is 5.73 Å². The van der Waals surface area contributed by atoms with E-state index in [4.69, 9.17) is 5.73 Å². The SMILES string of the molecule is CCc1ccc(CC(N)c2cccc(OC(F)F)c2)cc1. The van der Waals surface area contributed by atoms with Gasteiger partial charge in [0.15, 0.2) is 0 Å². The first-order valence-corrected chi connectivity index (χ1v) is 6.96. The fourth-order valence-corrected chi connectivity index (χ4v) is 2.20. The van der Waals surface area contributed by atoms with Crippen LogP contribution in [0.4, 0.5) is 8.78 Å². The molecule has 1 atom stereocenters. The van der Waals surface area contributed by atoms with E-state index >= 15 is 0 Å². The maximum absolute atomic E-state index is 12.2. The van der Waals surface area contributed by atoms with Crippen LogP contribution in [0.3, 0.4) is 0 Å². The molecule has 0 saturated heterocycles. The molecular formula is C17H19F2NO. The molecule has 2 aromatic carbocycles. The number of ether oxygens (including phenoxy) is 1. The summed E-state index contributed by atoms with van der Waals surface area (Å²) < 4.78 is 28.8. The van der Waals surface area contributed by atoms with E-state index in [1.807, 2.05) is 6.07 Å². The molecule has 0 fully saturated rings. The van der Waals surface area contributed by atoms with Crippen LogP contribution < -0.4 is 10.5 Å². The van der Waals surface area contributed by atoms with Gasteiger partial charge in [-0.25, -0.2) is 0 Å². The average molecular weight is 291 g/mol. The zero-order valence-electron chi connectivity index (χ0n) is 11.9. The van der Waals surface area contributed by atoms with Crippen molar-refractivity contribution in [2.45, 2.75) is 32.4 Å². The van der Waals surface area contributed by atoms with Crippen molar-refractivity contribution in [3.63, 3.8) is 0 Å². The predicted octanol–water partition coefficient (Wildman–Crippen LogP) is 4.09. The topological polar surface area (TPSA) is 35.2 Å². The molecule has 2 aromatic rings. The van der Waals surface area contributed by atoms with Crippen LogP contribution in [-0.2, 0) is 12.8 Å². The van der Waals surface area contributed by atoms with Crippen LogP contribution >= 0.6 is 0 Å². The third kappa shape index (κ3) is 4.53. The lowest BCUT2D eigenvalue weighted by Crippen LogP contribution is -2.13. The number of hydrogen-bond acceptors (Lipinski definition) is 2. The lowest BCUT2D eigenvalue weighted by atomic mass is 9.98. The van der Waals surface area contributed by atoms with Crippen LogP contribution in [0.25, 0.3) is 0 Å². The Morgan fingerprint density at radius 1 is 1.05 bits per heavy atom. The number of rotatable bonds is 6. The minimum Gasteiger partial charge on any atom is -0.435 e. The molecule has 112 valence electrons. The van der Waals surface area contributed by atoms with Gasteiger partial charge in [0.2, 0.25) is 0 Å². The van der Waals surface area contributed by atoms with Crippen LogP contribution in [0.5, 0.6) is 5.75 Å². The molecule has 2 N–H and O–H groups in total. The quantitative estimate of drug-likeness (QED) is 0.870. The molecule has 0 heterocycles. The first-order chi connectivity index (χ1) is 10.1. The van der Waals surface area contributed by atoms with Gasteiger partial charge in [-0.2, -0.15) is 8.78 Å². The normalized spacial score (nSPS) is 12.4. The summed E-state index contributed by atoms with van der Waals surface area (Å²) in [7, 11) is 0. The molecule has 21 heavy (non-hydrogen) atoms. The largest absolute Gasteiger partial charge is 0.435 e. The van der Waals surface area contributed by atoms with Crippen molar-refractivity contribution in [1.82, 2.24) is 0 Å². The molecule has 0 saturated carbocycles. The fourth-order valence-electron chi connectivity index (χ4n) is 2.20. The lowest BCUT2D eigenvalue weighted by Gasteiger charge is -2.14. The number of aryl methyl sites for hydroxylation is 1. The van der Waals surface area contributed by atoms with Crippen molar-refractivity contribution in [3.05, 3.63) is 65.2 Å². The van der Waals surface area contributed by atoms with Gasteiger partial charge in [0.25, 0.3) is 0 Å². The number of alkyl halides is 2. The Kier molecular flexibility index (Phi) is 5.28. The maximum atomic E-state index is 12.2. The summed E-state index contributed by atoms with van der Waals surface area (Å²) in [6.45, 7) is -0.715. The van der Waals surface area contributed by atoms with E-state index in [1.54, 1.807) is 12.1 Å². The highest BCUT2D eigenvalue weighted by molar-refractivity contribution is 5.32. The minimum absolute atomic E-state index is 0.138. The summed E-state index contributed by atoms with van der Waals surface area (Å²) in [6.07, 6.45) is 1.65. The Bertz CT molecular complexity index is 569. The van der Waals surface area contributed by atoms with Crippen LogP contribution in [0.2, 0.25) is 0 Å². The number of halogens is 2. The van der Waals surface area contributed by atoms with Gasteiger partial charge in [-0.05, 0) is 41.7 Å². The highest BCUT2D eigenvalue weighted by Crippen LogP contribution is 2.22. The van der Waals surface area contributed by atoms with Gasteiger partial charge in [0.05, 0.1) is 0 Å². The Balaban J connectivity index is 2.06. The summed E-state index contributed by atoms with van der Waals surface area (Å²) in [4.78, 5) is 0. The zero-order chi connectivity index (χ0) is 15.2. The van der Waals surface area contributed by atoms with Gasteiger partial charge in [-0.3, -0.25) is 0 Å².